The van der Waals surface area contributed by atoms with E-state index in [-0.39, 0.29) is 6.10 Å². The van der Waals surface area contributed by atoms with Crippen LogP contribution in [0, 0.1) is 0 Å². The summed E-state index contributed by atoms with van der Waals surface area (Å²) >= 11 is 3.53. The van der Waals surface area contributed by atoms with E-state index in [1.807, 2.05) is 12.1 Å². The lowest BCUT2D eigenvalue weighted by Gasteiger charge is -2.31. The second kappa shape index (κ2) is 7.98. The highest BCUT2D eigenvalue weighted by molar-refractivity contribution is 9.10. The summed E-state index contributed by atoms with van der Waals surface area (Å²) in [6, 6.07) is 6.04. The molecule has 0 saturated carbocycles. The fraction of sp³-hybridized carbons (Fsp3) is 0.600. The summed E-state index contributed by atoms with van der Waals surface area (Å²) in [5.41, 5.74) is 6.80. The molecule has 1 aromatic rings. The number of rotatable bonds is 6. The van der Waals surface area contributed by atoms with Gasteiger partial charge in [0.1, 0.15) is 18.5 Å². The molecule has 1 heterocycles. The van der Waals surface area contributed by atoms with Crippen molar-refractivity contribution in [3.8, 4) is 5.75 Å². The Kier molecular flexibility index (Phi) is 6.29. The molecular weight excluding hydrogens is 320 g/mol. The van der Waals surface area contributed by atoms with E-state index in [4.69, 9.17) is 15.2 Å². The zero-order chi connectivity index (χ0) is 14.4. The first-order valence-corrected chi connectivity index (χ1v) is 7.97. The van der Waals surface area contributed by atoms with Gasteiger partial charge in [-0.2, -0.15) is 0 Å². The van der Waals surface area contributed by atoms with Crippen LogP contribution in [0.25, 0.3) is 0 Å². The molecule has 1 saturated heterocycles. The van der Waals surface area contributed by atoms with Gasteiger partial charge in [0.05, 0.1) is 6.61 Å². The first kappa shape index (κ1) is 15.8. The number of ether oxygens (including phenoxy) is 2. The Labute approximate surface area is 129 Å². The van der Waals surface area contributed by atoms with Crippen LogP contribution in [0.15, 0.2) is 22.7 Å². The second-order valence-corrected chi connectivity index (χ2v) is 5.84. The zero-order valence-corrected chi connectivity index (χ0v) is 13.6. The molecular formula is C15H23BrN2O2. The molecule has 1 aliphatic heterocycles. The quantitative estimate of drug-likeness (QED) is 0.859. The lowest BCUT2D eigenvalue weighted by Crippen LogP contribution is -2.44. The van der Waals surface area contributed by atoms with Crippen LogP contribution >= 0.6 is 15.9 Å². The molecule has 1 unspecified atom stereocenters. The molecule has 112 valence electrons. The van der Waals surface area contributed by atoms with Gasteiger partial charge in [0, 0.05) is 17.6 Å². The highest BCUT2D eigenvalue weighted by Crippen LogP contribution is 2.23. The number of benzene rings is 1. The highest BCUT2D eigenvalue weighted by atomic mass is 79.9. The van der Waals surface area contributed by atoms with Crippen LogP contribution in [-0.4, -0.2) is 50.4 Å². The fourth-order valence-electron chi connectivity index (χ4n) is 2.35. The maximum absolute atomic E-state index is 5.87. The van der Waals surface area contributed by atoms with Crippen LogP contribution in [0.3, 0.4) is 0 Å². The summed E-state index contributed by atoms with van der Waals surface area (Å²) in [7, 11) is 0. The van der Waals surface area contributed by atoms with Gasteiger partial charge < -0.3 is 15.2 Å². The van der Waals surface area contributed by atoms with Gasteiger partial charge in [0.25, 0.3) is 0 Å². The molecule has 0 spiro atoms. The number of nitrogens with two attached hydrogens (primary N) is 1. The molecule has 1 fully saturated rings. The minimum Gasteiger partial charge on any atom is -0.491 e. The SMILES string of the molecule is CCN1CCOC(COc2ccc(Br)c(CCN)c2)C1. The van der Waals surface area contributed by atoms with Crippen LogP contribution in [0.4, 0.5) is 0 Å². The average molecular weight is 343 g/mol. The number of morpholine rings is 1. The molecule has 0 radical (unpaired) electrons. The minimum atomic E-state index is 0.158. The molecule has 1 atom stereocenters. The molecule has 1 aromatic carbocycles. The molecule has 5 heteroatoms. The average Bonchev–Trinajstić information content (AvgIpc) is 2.48. The number of likely N-dealkylation sites (N-methyl/N-ethyl adjacent to an activating group) is 1. The van der Waals surface area contributed by atoms with E-state index in [0.29, 0.717) is 13.2 Å². The summed E-state index contributed by atoms with van der Waals surface area (Å²) in [6.45, 7) is 7.24. The van der Waals surface area contributed by atoms with Crippen molar-refractivity contribution in [3.63, 3.8) is 0 Å². The lowest BCUT2D eigenvalue weighted by atomic mass is 10.1. The third-order valence-corrected chi connectivity index (χ3v) is 4.31. The van der Waals surface area contributed by atoms with E-state index in [9.17, 15) is 0 Å². The van der Waals surface area contributed by atoms with Crippen LogP contribution in [-0.2, 0) is 11.2 Å². The first-order chi connectivity index (χ1) is 9.72. The van der Waals surface area contributed by atoms with Crippen molar-refractivity contribution < 1.29 is 9.47 Å². The summed E-state index contributed by atoms with van der Waals surface area (Å²) in [6.07, 6.45) is 1.01. The van der Waals surface area contributed by atoms with Gasteiger partial charge in [-0.05, 0) is 43.3 Å². The Balaban J connectivity index is 1.88. The third-order valence-electron chi connectivity index (χ3n) is 3.54. The predicted octanol–water partition coefficient (Wildman–Crippen LogP) is 2.05. The molecule has 4 nitrogen and oxygen atoms in total. The van der Waals surface area contributed by atoms with E-state index < -0.39 is 0 Å². The van der Waals surface area contributed by atoms with Crippen LogP contribution in [0.2, 0.25) is 0 Å². The Morgan fingerprint density at radius 1 is 1.50 bits per heavy atom. The van der Waals surface area contributed by atoms with Crippen molar-refractivity contribution in [2.75, 3.05) is 39.4 Å². The van der Waals surface area contributed by atoms with Gasteiger partial charge in [-0.1, -0.05) is 22.9 Å². The fourth-order valence-corrected chi connectivity index (χ4v) is 2.79. The van der Waals surface area contributed by atoms with Gasteiger partial charge in [0.15, 0.2) is 0 Å². The third kappa shape index (κ3) is 4.45. The predicted molar refractivity (Wildman–Crippen MR) is 84.2 cm³/mol. The largest absolute Gasteiger partial charge is 0.491 e. The molecule has 0 bridgehead atoms. The van der Waals surface area contributed by atoms with E-state index in [1.165, 1.54) is 5.56 Å². The lowest BCUT2D eigenvalue weighted by molar-refractivity contribution is -0.0464. The Morgan fingerprint density at radius 2 is 2.35 bits per heavy atom. The van der Waals surface area contributed by atoms with Crippen LogP contribution in [0.1, 0.15) is 12.5 Å². The van der Waals surface area contributed by atoms with Crippen LogP contribution in [0.5, 0.6) is 5.75 Å². The van der Waals surface area contributed by atoms with Gasteiger partial charge in [-0.3, -0.25) is 4.90 Å². The molecule has 0 aromatic heterocycles. The number of halogens is 1. The summed E-state index contributed by atoms with van der Waals surface area (Å²) in [4.78, 5) is 2.39. The van der Waals surface area contributed by atoms with Crippen molar-refractivity contribution in [3.05, 3.63) is 28.2 Å². The second-order valence-electron chi connectivity index (χ2n) is 4.99. The van der Waals surface area contributed by atoms with Crippen molar-refractivity contribution in [1.82, 2.24) is 4.90 Å². The molecule has 2 rings (SSSR count). The summed E-state index contributed by atoms with van der Waals surface area (Å²) < 4.78 is 12.7. The summed E-state index contributed by atoms with van der Waals surface area (Å²) in [5, 5.41) is 0. The van der Waals surface area contributed by atoms with Gasteiger partial charge in [0.2, 0.25) is 0 Å². The molecule has 2 N–H and O–H groups in total. The van der Waals surface area contributed by atoms with Crippen molar-refractivity contribution in [1.29, 1.82) is 0 Å². The topological polar surface area (TPSA) is 47.7 Å². The first-order valence-electron chi connectivity index (χ1n) is 7.18. The number of nitrogens with zero attached hydrogens (tertiary/aromatic N) is 1. The van der Waals surface area contributed by atoms with E-state index >= 15 is 0 Å². The normalized spacial score (nSPS) is 20.1. The molecule has 20 heavy (non-hydrogen) atoms. The van der Waals surface area contributed by atoms with Crippen LogP contribution < -0.4 is 10.5 Å². The van der Waals surface area contributed by atoms with Crippen molar-refractivity contribution >= 4 is 15.9 Å². The minimum absolute atomic E-state index is 0.158. The zero-order valence-electron chi connectivity index (χ0n) is 12.0. The Morgan fingerprint density at radius 3 is 3.10 bits per heavy atom. The van der Waals surface area contributed by atoms with Crippen molar-refractivity contribution in [2.45, 2.75) is 19.4 Å². The summed E-state index contributed by atoms with van der Waals surface area (Å²) in [5.74, 6) is 0.883. The van der Waals surface area contributed by atoms with Crippen molar-refractivity contribution in [2.24, 2.45) is 5.73 Å². The smallest absolute Gasteiger partial charge is 0.119 e. The van der Waals surface area contributed by atoms with Gasteiger partial charge in [-0.15, -0.1) is 0 Å². The number of hydrogen-bond acceptors (Lipinski definition) is 4. The van der Waals surface area contributed by atoms with E-state index in [0.717, 1.165) is 42.9 Å². The standard InChI is InChI=1S/C15H23BrN2O2/c1-2-18-7-8-19-14(10-18)11-20-13-3-4-15(16)12(9-13)5-6-17/h3-4,9,14H,2,5-8,10-11,17H2,1H3. The van der Waals surface area contributed by atoms with Gasteiger partial charge in [-0.25, -0.2) is 0 Å². The maximum Gasteiger partial charge on any atom is 0.119 e. The number of hydrogen-bond donors (Lipinski definition) is 1. The Bertz CT molecular complexity index is 428. The van der Waals surface area contributed by atoms with E-state index in [1.54, 1.807) is 0 Å². The molecule has 0 aliphatic carbocycles. The molecule has 1 aliphatic rings. The highest BCUT2D eigenvalue weighted by Gasteiger charge is 2.19. The van der Waals surface area contributed by atoms with E-state index in [2.05, 4.69) is 33.8 Å². The Hall–Kier alpha value is -0.620. The van der Waals surface area contributed by atoms with Gasteiger partial charge >= 0.3 is 0 Å². The maximum atomic E-state index is 5.87. The monoisotopic (exact) mass is 342 g/mol. The molecule has 0 amide bonds.